The summed E-state index contributed by atoms with van der Waals surface area (Å²) in [5.74, 6) is 0.720. The van der Waals surface area contributed by atoms with Crippen LogP contribution in [0.2, 0.25) is 0 Å². The van der Waals surface area contributed by atoms with E-state index in [9.17, 15) is 14.4 Å². The largest absolute Gasteiger partial charge is 0.370 e. The maximum Gasteiger partial charge on any atom is 0.258 e. The van der Waals surface area contributed by atoms with Gasteiger partial charge in [-0.1, -0.05) is 12.5 Å². The van der Waals surface area contributed by atoms with Gasteiger partial charge in [-0.05, 0) is 68.1 Å². The Balaban J connectivity index is 1.29. The summed E-state index contributed by atoms with van der Waals surface area (Å²) in [5.41, 5.74) is 3.13. The Morgan fingerprint density at radius 3 is 2.71 bits per heavy atom. The zero-order chi connectivity index (χ0) is 24.8. The number of hydrogen-bond donors (Lipinski definition) is 2. The third kappa shape index (κ3) is 6.26. The van der Waals surface area contributed by atoms with Crippen LogP contribution in [0, 0.1) is 6.92 Å². The van der Waals surface area contributed by atoms with Crippen molar-refractivity contribution in [1.82, 2.24) is 20.2 Å². The topological polar surface area (TPSA) is 98.4 Å². The van der Waals surface area contributed by atoms with E-state index in [2.05, 4.69) is 20.2 Å². The fourth-order valence-electron chi connectivity index (χ4n) is 4.48. The molecule has 184 valence electrons. The van der Waals surface area contributed by atoms with Crippen LogP contribution in [-0.4, -0.2) is 53.4 Å². The Bertz CT molecular complexity index is 1250. The van der Waals surface area contributed by atoms with E-state index in [-0.39, 0.29) is 17.4 Å². The maximum atomic E-state index is 12.5. The molecule has 2 aromatic carbocycles. The molecule has 1 aliphatic rings. The summed E-state index contributed by atoms with van der Waals surface area (Å²) in [4.78, 5) is 47.9. The summed E-state index contributed by atoms with van der Waals surface area (Å²) in [6.07, 6.45) is 4.56. The van der Waals surface area contributed by atoms with Crippen LogP contribution in [0.5, 0.6) is 0 Å². The third-order valence-corrected chi connectivity index (χ3v) is 6.44. The lowest BCUT2D eigenvalue weighted by Gasteiger charge is -2.20. The van der Waals surface area contributed by atoms with Crippen LogP contribution < -0.4 is 15.8 Å². The fourth-order valence-corrected chi connectivity index (χ4v) is 4.48. The van der Waals surface area contributed by atoms with Crippen molar-refractivity contribution < 1.29 is 9.59 Å². The molecule has 8 heteroatoms. The van der Waals surface area contributed by atoms with Crippen LogP contribution in [0.3, 0.4) is 0 Å². The number of anilines is 1. The highest BCUT2D eigenvalue weighted by Gasteiger charge is 2.16. The summed E-state index contributed by atoms with van der Waals surface area (Å²) in [6.45, 7) is 4.45. The number of H-pyrrole nitrogens is 1. The van der Waals surface area contributed by atoms with Crippen LogP contribution >= 0.6 is 0 Å². The van der Waals surface area contributed by atoms with Gasteiger partial charge >= 0.3 is 0 Å². The highest BCUT2D eigenvalue weighted by Crippen LogP contribution is 2.18. The van der Waals surface area contributed by atoms with Gasteiger partial charge in [0, 0.05) is 50.9 Å². The predicted octanol–water partition coefficient (Wildman–Crippen LogP) is 3.39. The third-order valence-electron chi connectivity index (χ3n) is 6.44. The molecule has 8 nitrogen and oxygen atoms in total. The van der Waals surface area contributed by atoms with Crippen LogP contribution in [-0.2, 0) is 11.3 Å². The van der Waals surface area contributed by atoms with Crippen molar-refractivity contribution in [3.8, 4) is 0 Å². The first-order valence-corrected chi connectivity index (χ1v) is 12.3. The van der Waals surface area contributed by atoms with Gasteiger partial charge < -0.3 is 20.1 Å². The molecule has 1 saturated heterocycles. The molecule has 1 aromatic heterocycles. The Morgan fingerprint density at radius 2 is 1.91 bits per heavy atom. The zero-order valence-electron chi connectivity index (χ0n) is 20.5. The van der Waals surface area contributed by atoms with Crippen molar-refractivity contribution in [3.63, 3.8) is 0 Å². The average Bonchev–Trinajstić information content (AvgIpc) is 3.06. The van der Waals surface area contributed by atoms with Crippen molar-refractivity contribution in [3.05, 3.63) is 69.8 Å². The number of carbonyl (C=O) groups excluding carboxylic acids is 2. The van der Waals surface area contributed by atoms with Gasteiger partial charge in [0.2, 0.25) is 5.91 Å². The Hall–Kier alpha value is -3.68. The Labute approximate surface area is 205 Å². The summed E-state index contributed by atoms with van der Waals surface area (Å²) < 4.78 is 0. The summed E-state index contributed by atoms with van der Waals surface area (Å²) in [5, 5.41) is 3.53. The highest BCUT2D eigenvalue weighted by atomic mass is 16.2. The van der Waals surface area contributed by atoms with Gasteiger partial charge in [0.15, 0.2) is 0 Å². The van der Waals surface area contributed by atoms with Gasteiger partial charge in [0.25, 0.3) is 11.5 Å². The Morgan fingerprint density at radius 1 is 1.11 bits per heavy atom. The molecule has 0 radical (unpaired) electrons. The second-order valence-corrected chi connectivity index (χ2v) is 9.21. The van der Waals surface area contributed by atoms with E-state index in [0.717, 1.165) is 43.5 Å². The minimum Gasteiger partial charge on any atom is -0.370 e. The van der Waals surface area contributed by atoms with Crippen molar-refractivity contribution in [2.24, 2.45) is 0 Å². The number of likely N-dealkylation sites (tertiary alicyclic amines) is 1. The molecule has 2 heterocycles. The second kappa shape index (κ2) is 11.2. The molecule has 0 atom stereocenters. The number of nitrogens with zero attached hydrogens (tertiary/aromatic N) is 3. The first-order chi connectivity index (χ1) is 16.9. The molecule has 4 rings (SSSR count). The van der Waals surface area contributed by atoms with Crippen molar-refractivity contribution >= 4 is 28.4 Å². The number of amides is 2. The first-order valence-electron chi connectivity index (χ1n) is 12.3. The van der Waals surface area contributed by atoms with Gasteiger partial charge in [-0.25, -0.2) is 4.98 Å². The van der Waals surface area contributed by atoms with Gasteiger partial charge in [0.1, 0.15) is 5.82 Å². The molecule has 0 spiro atoms. The van der Waals surface area contributed by atoms with Crippen LogP contribution in [0.25, 0.3) is 10.9 Å². The van der Waals surface area contributed by atoms with Gasteiger partial charge in [0.05, 0.1) is 10.9 Å². The van der Waals surface area contributed by atoms with Gasteiger partial charge in [-0.2, -0.15) is 0 Å². The molecule has 3 aromatic rings. The highest BCUT2D eigenvalue weighted by molar-refractivity contribution is 5.94. The molecule has 35 heavy (non-hydrogen) atoms. The molecule has 1 fully saturated rings. The molecular weight excluding hydrogens is 442 g/mol. The molecule has 2 amide bonds. The minimum atomic E-state index is -0.134. The standard InChI is InChI=1S/C27H33N5O3/c1-19-29-24-13-8-20(17-23(24)27(35)30-19)18-31(2)22-11-9-21(10-12-22)26(34)28-14-6-16-32-15-5-3-4-7-25(32)33/h8-13,17H,3-7,14-16,18H2,1-2H3,(H,28,34)(H,29,30,35). The lowest BCUT2D eigenvalue weighted by atomic mass is 10.1. The number of aryl methyl sites for hydroxylation is 1. The quantitative estimate of drug-likeness (QED) is 0.487. The van der Waals surface area contributed by atoms with Crippen LogP contribution in [0.15, 0.2) is 47.3 Å². The maximum absolute atomic E-state index is 12.5. The molecular formula is C27H33N5O3. The number of nitrogens with one attached hydrogen (secondary N) is 2. The molecule has 0 aliphatic carbocycles. The van der Waals surface area contributed by atoms with Gasteiger partial charge in [-0.15, -0.1) is 0 Å². The van der Waals surface area contributed by atoms with Crippen molar-refractivity contribution in [2.75, 3.05) is 31.6 Å². The van der Waals surface area contributed by atoms with E-state index >= 15 is 0 Å². The van der Waals surface area contributed by atoms with Crippen LogP contribution in [0.1, 0.15) is 53.8 Å². The van der Waals surface area contributed by atoms with Gasteiger partial charge in [-0.3, -0.25) is 14.4 Å². The molecule has 1 aliphatic heterocycles. The zero-order valence-corrected chi connectivity index (χ0v) is 20.5. The molecule has 0 saturated carbocycles. The van der Waals surface area contributed by atoms with E-state index in [1.165, 1.54) is 0 Å². The van der Waals surface area contributed by atoms with E-state index < -0.39 is 0 Å². The van der Waals surface area contributed by atoms with Crippen LogP contribution in [0.4, 0.5) is 5.69 Å². The summed E-state index contributed by atoms with van der Waals surface area (Å²) in [7, 11) is 1.97. The first kappa shape index (κ1) is 24.4. The lowest BCUT2D eigenvalue weighted by molar-refractivity contribution is -0.130. The number of hydrogen-bond acceptors (Lipinski definition) is 5. The minimum absolute atomic E-state index is 0.113. The molecule has 0 bridgehead atoms. The second-order valence-electron chi connectivity index (χ2n) is 9.21. The summed E-state index contributed by atoms with van der Waals surface area (Å²) in [6, 6.07) is 13.2. The van der Waals surface area contributed by atoms with E-state index in [0.29, 0.717) is 48.3 Å². The molecule has 0 unspecified atom stereocenters. The SMILES string of the molecule is Cc1nc2ccc(CN(C)c3ccc(C(=O)NCCCN4CCCCCC4=O)cc3)cc2c(=O)[nH]1. The number of benzene rings is 2. The normalized spacial score (nSPS) is 14.1. The smallest absolute Gasteiger partial charge is 0.258 e. The van der Waals surface area contributed by atoms with E-state index in [1.54, 1.807) is 6.92 Å². The monoisotopic (exact) mass is 475 g/mol. The van der Waals surface area contributed by atoms with E-state index in [4.69, 9.17) is 0 Å². The van der Waals surface area contributed by atoms with Crippen molar-refractivity contribution in [1.29, 1.82) is 0 Å². The van der Waals surface area contributed by atoms with Crippen molar-refractivity contribution in [2.45, 2.75) is 45.6 Å². The number of rotatable bonds is 8. The predicted molar refractivity (Wildman–Crippen MR) is 138 cm³/mol. The number of aromatic amines is 1. The molecule has 2 N–H and O–H groups in total. The number of carbonyl (C=O) groups is 2. The fraction of sp³-hybridized carbons (Fsp3) is 0.407. The Kier molecular flexibility index (Phi) is 7.80. The lowest BCUT2D eigenvalue weighted by Crippen LogP contribution is -2.34. The number of fused-ring (bicyclic) bond motifs is 1. The average molecular weight is 476 g/mol. The number of aromatic nitrogens is 2. The summed E-state index contributed by atoms with van der Waals surface area (Å²) >= 11 is 0. The van der Waals surface area contributed by atoms with E-state index in [1.807, 2.05) is 54.4 Å².